The van der Waals surface area contributed by atoms with E-state index >= 15 is 0 Å². The fourth-order valence-electron chi connectivity index (χ4n) is 2.89. The molecule has 6 nitrogen and oxygen atoms in total. The molecule has 0 saturated heterocycles. The molecule has 146 valence electrons. The van der Waals surface area contributed by atoms with Crippen LogP contribution in [0.1, 0.15) is 46.4 Å². The number of methoxy groups -OCH3 is 2. The van der Waals surface area contributed by atoms with Crippen molar-refractivity contribution in [3.63, 3.8) is 0 Å². The number of carbonyl (C=O) groups is 1. The summed E-state index contributed by atoms with van der Waals surface area (Å²) in [6.45, 7) is 5.51. The molecule has 2 aromatic rings. The van der Waals surface area contributed by atoms with Crippen LogP contribution in [0.15, 0.2) is 41.3 Å². The summed E-state index contributed by atoms with van der Waals surface area (Å²) < 4.78 is 38.6. The van der Waals surface area contributed by atoms with Crippen LogP contribution < -0.4 is 9.46 Å². The number of ether oxygens (including phenoxy) is 2. The first kappa shape index (κ1) is 20.9. The Morgan fingerprint density at radius 3 is 2.33 bits per heavy atom. The number of aryl methyl sites for hydroxylation is 2. The maximum absolute atomic E-state index is 13.0. The summed E-state index contributed by atoms with van der Waals surface area (Å²) in [6, 6.07) is 9.66. The van der Waals surface area contributed by atoms with Gasteiger partial charge in [0.25, 0.3) is 0 Å². The molecule has 0 saturated carbocycles. The monoisotopic (exact) mass is 391 g/mol. The summed E-state index contributed by atoms with van der Waals surface area (Å²) in [5, 5.41) is 0. The van der Waals surface area contributed by atoms with Crippen LogP contribution in [0.5, 0.6) is 5.75 Å². The van der Waals surface area contributed by atoms with Crippen molar-refractivity contribution in [2.75, 3.05) is 14.2 Å². The van der Waals surface area contributed by atoms with Gasteiger partial charge in [0.1, 0.15) is 5.75 Å². The molecule has 1 unspecified atom stereocenters. The highest BCUT2D eigenvalue weighted by molar-refractivity contribution is 7.89. The van der Waals surface area contributed by atoms with Gasteiger partial charge in [0.2, 0.25) is 10.0 Å². The molecule has 0 bridgehead atoms. The van der Waals surface area contributed by atoms with Crippen LogP contribution in [0.4, 0.5) is 0 Å². The van der Waals surface area contributed by atoms with Gasteiger partial charge in [0.05, 0.1) is 24.7 Å². The molecule has 1 atom stereocenters. The van der Waals surface area contributed by atoms with E-state index in [1.165, 1.54) is 13.2 Å². The Labute approximate surface area is 160 Å². The third-order valence-corrected chi connectivity index (χ3v) is 6.04. The Balaban J connectivity index is 2.39. The van der Waals surface area contributed by atoms with Crippen molar-refractivity contribution < 1.29 is 22.7 Å². The van der Waals surface area contributed by atoms with E-state index in [0.717, 1.165) is 16.9 Å². The van der Waals surface area contributed by atoms with E-state index in [-0.39, 0.29) is 10.5 Å². The Morgan fingerprint density at radius 1 is 1.07 bits per heavy atom. The maximum atomic E-state index is 13.0. The highest BCUT2D eigenvalue weighted by atomic mass is 32.2. The van der Waals surface area contributed by atoms with Gasteiger partial charge in [-0.1, -0.05) is 25.1 Å². The largest absolute Gasteiger partial charge is 0.496 e. The molecule has 0 aliphatic heterocycles. The molecule has 0 aliphatic carbocycles. The lowest BCUT2D eigenvalue weighted by molar-refractivity contribution is 0.0600. The van der Waals surface area contributed by atoms with Gasteiger partial charge >= 0.3 is 5.97 Å². The predicted molar refractivity (Wildman–Crippen MR) is 104 cm³/mol. The third kappa shape index (κ3) is 4.67. The van der Waals surface area contributed by atoms with E-state index < -0.39 is 22.0 Å². The fraction of sp³-hybridized carbons (Fsp3) is 0.350. The predicted octanol–water partition coefficient (Wildman–Crippen LogP) is 3.53. The summed E-state index contributed by atoms with van der Waals surface area (Å²) in [6.07, 6.45) is 0.570. The number of esters is 1. The second-order valence-electron chi connectivity index (χ2n) is 6.28. The molecule has 7 heteroatoms. The van der Waals surface area contributed by atoms with E-state index in [4.69, 9.17) is 4.74 Å². The quantitative estimate of drug-likeness (QED) is 0.730. The van der Waals surface area contributed by atoms with Gasteiger partial charge < -0.3 is 9.47 Å². The van der Waals surface area contributed by atoms with Crippen molar-refractivity contribution >= 4 is 16.0 Å². The Bertz CT molecular complexity index is 937. The average molecular weight is 391 g/mol. The number of rotatable bonds is 7. The van der Waals surface area contributed by atoms with Crippen LogP contribution >= 0.6 is 0 Å². The Kier molecular flexibility index (Phi) is 6.62. The van der Waals surface area contributed by atoms with Crippen LogP contribution in [-0.4, -0.2) is 28.6 Å². The average Bonchev–Trinajstić information content (AvgIpc) is 2.65. The molecular weight excluding hydrogens is 366 g/mol. The van der Waals surface area contributed by atoms with Crippen molar-refractivity contribution in [1.82, 2.24) is 4.72 Å². The Hall–Kier alpha value is -2.38. The molecule has 0 fully saturated rings. The molecule has 2 aromatic carbocycles. The molecule has 0 radical (unpaired) electrons. The smallest absolute Gasteiger partial charge is 0.337 e. The van der Waals surface area contributed by atoms with Crippen LogP contribution in [0, 0.1) is 13.8 Å². The van der Waals surface area contributed by atoms with Crippen LogP contribution in [0.25, 0.3) is 0 Å². The minimum absolute atomic E-state index is 0.0640. The van der Waals surface area contributed by atoms with Gasteiger partial charge in [0.15, 0.2) is 0 Å². The fourth-order valence-corrected chi connectivity index (χ4v) is 4.47. The molecule has 0 heterocycles. The number of carbonyl (C=O) groups excluding carboxylic acids is 1. The van der Waals surface area contributed by atoms with Crippen molar-refractivity contribution in [2.45, 2.75) is 38.1 Å². The number of nitrogens with one attached hydrogen (secondary N) is 1. The molecule has 1 N–H and O–H groups in total. The summed E-state index contributed by atoms with van der Waals surface area (Å²) >= 11 is 0. The first-order chi connectivity index (χ1) is 12.7. The van der Waals surface area contributed by atoms with E-state index in [2.05, 4.69) is 9.46 Å². The zero-order valence-corrected chi connectivity index (χ0v) is 17.0. The lowest BCUT2D eigenvalue weighted by Gasteiger charge is -2.20. The van der Waals surface area contributed by atoms with Crippen LogP contribution in [0.2, 0.25) is 0 Å². The summed E-state index contributed by atoms with van der Waals surface area (Å²) in [5.74, 6) is 0.169. The molecule has 0 amide bonds. The normalized spacial score (nSPS) is 12.5. The summed E-state index contributed by atoms with van der Waals surface area (Å²) in [5.41, 5.74) is 2.52. The number of hydrogen-bond donors (Lipinski definition) is 1. The van der Waals surface area contributed by atoms with Gasteiger partial charge in [-0.3, -0.25) is 0 Å². The topological polar surface area (TPSA) is 81.7 Å². The van der Waals surface area contributed by atoms with Gasteiger partial charge in [-0.15, -0.1) is 0 Å². The second kappa shape index (κ2) is 8.54. The van der Waals surface area contributed by atoms with Crippen LogP contribution in [-0.2, 0) is 14.8 Å². The summed E-state index contributed by atoms with van der Waals surface area (Å²) in [7, 11) is -0.978. The van der Waals surface area contributed by atoms with E-state index in [0.29, 0.717) is 12.0 Å². The zero-order valence-electron chi connectivity index (χ0n) is 16.2. The van der Waals surface area contributed by atoms with Crippen molar-refractivity contribution in [2.24, 2.45) is 0 Å². The zero-order chi connectivity index (χ0) is 20.2. The minimum atomic E-state index is -3.83. The van der Waals surface area contributed by atoms with E-state index in [1.54, 1.807) is 26.2 Å². The standard InChI is InChI=1S/C20H25NO5S/c1-6-17(15-9-10-18(25-4)14(3)11-15)21-27(23,24)19-12-16(20(22)26-5)8-7-13(19)2/h7-12,17,21H,6H2,1-5H3. The van der Waals surface area contributed by atoms with Crippen molar-refractivity contribution in [3.8, 4) is 5.75 Å². The molecule has 0 aromatic heterocycles. The highest BCUT2D eigenvalue weighted by Gasteiger charge is 2.24. The number of sulfonamides is 1. The van der Waals surface area contributed by atoms with Gasteiger partial charge in [-0.2, -0.15) is 0 Å². The molecule has 0 aliphatic rings. The lowest BCUT2D eigenvalue weighted by Crippen LogP contribution is -2.29. The van der Waals surface area contributed by atoms with Crippen molar-refractivity contribution in [1.29, 1.82) is 0 Å². The van der Waals surface area contributed by atoms with Gasteiger partial charge in [-0.05, 0) is 55.2 Å². The van der Waals surface area contributed by atoms with Crippen LogP contribution in [0.3, 0.4) is 0 Å². The minimum Gasteiger partial charge on any atom is -0.496 e. The molecule has 2 rings (SSSR count). The highest BCUT2D eigenvalue weighted by Crippen LogP contribution is 2.26. The first-order valence-corrected chi connectivity index (χ1v) is 10.1. The van der Waals surface area contributed by atoms with E-state index in [9.17, 15) is 13.2 Å². The van der Waals surface area contributed by atoms with Crippen molar-refractivity contribution in [3.05, 3.63) is 58.7 Å². The molecule has 0 spiro atoms. The summed E-state index contributed by atoms with van der Waals surface area (Å²) in [4.78, 5) is 11.8. The molecule has 27 heavy (non-hydrogen) atoms. The van der Waals surface area contributed by atoms with Gasteiger partial charge in [0, 0.05) is 6.04 Å². The molecular formula is C20H25NO5S. The SMILES string of the molecule is CCC(NS(=O)(=O)c1cc(C(=O)OC)ccc1C)c1ccc(OC)c(C)c1. The lowest BCUT2D eigenvalue weighted by atomic mass is 10.0. The van der Waals surface area contributed by atoms with E-state index in [1.807, 2.05) is 32.0 Å². The number of hydrogen-bond acceptors (Lipinski definition) is 5. The first-order valence-electron chi connectivity index (χ1n) is 8.59. The maximum Gasteiger partial charge on any atom is 0.337 e. The second-order valence-corrected chi connectivity index (χ2v) is 7.97. The Morgan fingerprint density at radius 2 is 1.78 bits per heavy atom. The third-order valence-electron chi connectivity index (χ3n) is 4.43. The van der Waals surface area contributed by atoms with Gasteiger partial charge in [-0.25, -0.2) is 17.9 Å². The number of benzene rings is 2.